The van der Waals surface area contributed by atoms with Gasteiger partial charge in [0.2, 0.25) is 11.1 Å². The van der Waals surface area contributed by atoms with Gasteiger partial charge in [-0.3, -0.25) is 0 Å². The molecule has 29 heavy (non-hydrogen) atoms. The third-order valence-corrected chi connectivity index (χ3v) is 8.11. The van der Waals surface area contributed by atoms with Crippen LogP contribution in [0.4, 0.5) is 16.8 Å². The highest BCUT2D eigenvalue weighted by molar-refractivity contribution is 9.10. The van der Waals surface area contributed by atoms with Crippen LogP contribution < -0.4 is 14.7 Å². The zero-order valence-corrected chi connectivity index (χ0v) is 20.2. The molecule has 1 aromatic heterocycles. The van der Waals surface area contributed by atoms with E-state index in [9.17, 15) is 0 Å². The molecule has 2 fully saturated rings. The molecular weight excluding hydrogens is 446 g/mol. The third kappa shape index (κ3) is 4.71. The minimum atomic E-state index is 0.832. The molecule has 2 aromatic rings. The minimum Gasteiger partial charge on any atom is -0.371 e. The molecule has 1 aromatic carbocycles. The van der Waals surface area contributed by atoms with Gasteiger partial charge in [0.15, 0.2) is 0 Å². The van der Waals surface area contributed by atoms with Crippen molar-refractivity contribution in [1.29, 1.82) is 0 Å². The van der Waals surface area contributed by atoms with Crippen LogP contribution in [0.1, 0.15) is 38.2 Å². The van der Waals surface area contributed by atoms with Gasteiger partial charge in [-0.25, -0.2) is 0 Å². The standard InChI is InChI=1S/C22H32BrN5S/c1-4-16-5-6-19(15-20(16)23)27-11-7-17(8-12-27)18-9-13-28(14-10-18)22-24-21(25-29-22)26(2)3/h5-6,15,17-18H,4,7-14H2,1-3H3. The van der Waals surface area contributed by atoms with Crippen LogP contribution in [0.2, 0.25) is 0 Å². The van der Waals surface area contributed by atoms with E-state index in [0.29, 0.717) is 0 Å². The van der Waals surface area contributed by atoms with Gasteiger partial charge >= 0.3 is 0 Å². The molecule has 0 atom stereocenters. The summed E-state index contributed by atoms with van der Waals surface area (Å²) in [5, 5.41) is 1.09. The van der Waals surface area contributed by atoms with Gasteiger partial charge in [-0.2, -0.15) is 9.36 Å². The Morgan fingerprint density at radius 2 is 1.66 bits per heavy atom. The van der Waals surface area contributed by atoms with Gasteiger partial charge in [-0.1, -0.05) is 28.9 Å². The first-order valence-electron chi connectivity index (χ1n) is 10.8. The molecule has 0 aliphatic carbocycles. The normalized spacial score (nSPS) is 19.0. The van der Waals surface area contributed by atoms with Gasteiger partial charge in [0.1, 0.15) is 0 Å². The lowest BCUT2D eigenvalue weighted by atomic mass is 9.79. The molecule has 0 unspecified atom stereocenters. The molecule has 0 bridgehead atoms. The van der Waals surface area contributed by atoms with E-state index < -0.39 is 0 Å². The van der Waals surface area contributed by atoms with E-state index in [1.807, 2.05) is 19.0 Å². The van der Waals surface area contributed by atoms with E-state index in [4.69, 9.17) is 0 Å². The van der Waals surface area contributed by atoms with Crippen molar-refractivity contribution in [3.63, 3.8) is 0 Å². The zero-order chi connectivity index (χ0) is 20.4. The summed E-state index contributed by atoms with van der Waals surface area (Å²) in [5.41, 5.74) is 2.76. The fourth-order valence-electron chi connectivity index (χ4n) is 4.73. The van der Waals surface area contributed by atoms with E-state index >= 15 is 0 Å². The highest BCUT2D eigenvalue weighted by atomic mass is 79.9. The Kier molecular flexibility index (Phi) is 6.64. The first-order valence-corrected chi connectivity index (χ1v) is 12.4. The van der Waals surface area contributed by atoms with Crippen molar-refractivity contribution in [2.75, 3.05) is 55.0 Å². The summed E-state index contributed by atoms with van der Waals surface area (Å²) >= 11 is 5.28. The summed E-state index contributed by atoms with van der Waals surface area (Å²) < 4.78 is 5.71. The Morgan fingerprint density at radius 1 is 1.03 bits per heavy atom. The van der Waals surface area contributed by atoms with Gasteiger partial charge in [-0.15, -0.1) is 0 Å². The number of aromatic nitrogens is 2. The third-order valence-electron chi connectivity index (χ3n) is 6.60. The molecule has 2 aliphatic rings. The van der Waals surface area contributed by atoms with E-state index in [1.165, 1.54) is 66.0 Å². The summed E-state index contributed by atoms with van der Waals surface area (Å²) in [7, 11) is 4.00. The number of aryl methyl sites for hydroxylation is 1. The van der Waals surface area contributed by atoms with Gasteiger partial charge in [0.05, 0.1) is 0 Å². The highest BCUT2D eigenvalue weighted by Gasteiger charge is 2.30. The Morgan fingerprint density at radius 3 is 2.17 bits per heavy atom. The van der Waals surface area contributed by atoms with Crippen LogP contribution in [0.25, 0.3) is 0 Å². The lowest BCUT2D eigenvalue weighted by Crippen LogP contribution is -2.41. The number of nitrogens with zero attached hydrogens (tertiary/aromatic N) is 5. The number of anilines is 3. The lowest BCUT2D eigenvalue weighted by Gasteiger charge is -2.40. The van der Waals surface area contributed by atoms with Crippen molar-refractivity contribution in [3.05, 3.63) is 28.2 Å². The second-order valence-corrected chi connectivity index (χ2v) is 10.1. The van der Waals surface area contributed by atoms with Crippen LogP contribution >= 0.6 is 27.5 Å². The van der Waals surface area contributed by atoms with Crippen molar-refractivity contribution < 1.29 is 0 Å². The van der Waals surface area contributed by atoms with E-state index in [2.05, 4.69) is 60.2 Å². The molecule has 0 radical (unpaired) electrons. The van der Waals surface area contributed by atoms with Gasteiger partial charge < -0.3 is 14.7 Å². The average molecular weight is 479 g/mol. The Bertz CT molecular complexity index is 807. The van der Waals surface area contributed by atoms with Gasteiger partial charge in [0, 0.05) is 62.0 Å². The van der Waals surface area contributed by atoms with Crippen LogP contribution in [0.5, 0.6) is 0 Å². The predicted octanol–water partition coefficient (Wildman–Crippen LogP) is 5.06. The predicted molar refractivity (Wildman–Crippen MR) is 128 cm³/mol. The number of piperidine rings is 2. The SMILES string of the molecule is CCc1ccc(N2CCC(C3CCN(c4nc(N(C)C)ns4)CC3)CC2)cc1Br. The molecule has 0 N–H and O–H groups in total. The Balaban J connectivity index is 1.28. The highest BCUT2D eigenvalue weighted by Crippen LogP contribution is 2.36. The Hall–Kier alpha value is -1.34. The molecule has 3 heterocycles. The van der Waals surface area contributed by atoms with E-state index in [0.717, 1.165) is 42.4 Å². The van der Waals surface area contributed by atoms with E-state index in [1.54, 1.807) is 0 Å². The molecular formula is C22H32BrN5S. The second-order valence-electron chi connectivity index (χ2n) is 8.55. The summed E-state index contributed by atoms with van der Waals surface area (Å²) in [6.45, 7) is 6.83. The van der Waals surface area contributed by atoms with Crippen molar-refractivity contribution >= 4 is 44.2 Å². The molecule has 2 aliphatic heterocycles. The van der Waals surface area contributed by atoms with Crippen LogP contribution in [0, 0.1) is 11.8 Å². The molecule has 0 amide bonds. The quantitative estimate of drug-likeness (QED) is 0.600. The fraction of sp³-hybridized carbons (Fsp3) is 0.636. The molecule has 158 valence electrons. The number of halogens is 1. The molecule has 0 saturated carbocycles. The molecule has 0 spiro atoms. The minimum absolute atomic E-state index is 0.832. The first-order chi connectivity index (χ1) is 14.0. The average Bonchev–Trinajstić information content (AvgIpc) is 3.25. The van der Waals surface area contributed by atoms with Gasteiger partial charge in [0.25, 0.3) is 0 Å². The van der Waals surface area contributed by atoms with Crippen molar-refractivity contribution in [3.8, 4) is 0 Å². The fourth-order valence-corrected chi connectivity index (χ4v) is 6.16. The molecule has 2 saturated heterocycles. The monoisotopic (exact) mass is 477 g/mol. The van der Waals surface area contributed by atoms with Crippen LogP contribution in [-0.2, 0) is 6.42 Å². The van der Waals surface area contributed by atoms with Crippen molar-refractivity contribution in [2.24, 2.45) is 11.8 Å². The van der Waals surface area contributed by atoms with Crippen molar-refractivity contribution in [1.82, 2.24) is 9.36 Å². The number of hydrogen-bond acceptors (Lipinski definition) is 6. The lowest BCUT2D eigenvalue weighted by molar-refractivity contribution is 0.233. The summed E-state index contributed by atoms with van der Waals surface area (Å²) in [4.78, 5) is 11.7. The number of hydrogen-bond donors (Lipinski definition) is 0. The second kappa shape index (κ2) is 9.21. The van der Waals surface area contributed by atoms with Crippen molar-refractivity contribution in [2.45, 2.75) is 39.0 Å². The maximum atomic E-state index is 4.68. The number of rotatable bonds is 5. The molecule has 4 rings (SSSR count). The Labute approximate surface area is 187 Å². The molecule has 7 heteroatoms. The topological polar surface area (TPSA) is 35.5 Å². The first kappa shape index (κ1) is 20.9. The number of benzene rings is 1. The zero-order valence-electron chi connectivity index (χ0n) is 17.8. The van der Waals surface area contributed by atoms with Crippen LogP contribution in [0.15, 0.2) is 22.7 Å². The smallest absolute Gasteiger partial charge is 0.238 e. The molecule has 5 nitrogen and oxygen atoms in total. The van der Waals surface area contributed by atoms with Crippen LogP contribution in [-0.4, -0.2) is 49.6 Å². The summed E-state index contributed by atoms with van der Waals surface area (Å²) in [5.74, 6) is 2.57. The largest absolute Gasteiger partial charge is 0.371 e. The van der Waals surface area contributed by atoms with E-state index in [-0.39, 0.29) is 0 Å². The maximum absolute atomic E-state index is 4.68. The van der Waals surface area contributed by atoms with Crippen LogP contribution in [0.3, 0.4) is 0 Å². The van der Waals surface area contributed by atoms with Gasteiger partial charge in [-0.05, 0) is 61.6 Å². The summed E-state index contributed by atoms with van der Waals surface area (Å²) in [6, 6.07) is 6.88. The summed E-state index contributed by atoms with van der Waals surface area (Å²) in [6.07, 6.45) is 6.30. The maximum Gasteiger partial charge on any atom is 0.238 e.